The number of hydrogen-bond donors (Lipinski definition) is 2. The summed E-state index contributed by atoms with van der Waals surface area (Å²) in [7, 11) is 0. The van der Waals surface area contributed by atoms with Gasteiger partial charge in [0.2, 0.25) is 11.7 Å². The van der Waals surface area contributed by atoms with E-state index in [1.165, 1.54) is 0 Å². The van der Waals surface area contributed by atoms with Crippen LogP contribution in [-0.4, -0.2) is 24.1 Å². The van der Waals surface area contributed by atoms with E-state index in [4.69, 9.17) is 0 Å². The fourth-order valence-corrected chi connectivity index (χ4v) is 2.65. The van der Waals surface area contributed by atoms with Gasteiger partial charge in [0.05, 0.1) is 0 Å². The molecule has 0 aliphatic carbocycles. The van der Waals surface area contributed by atoms with Crippen LogP contribution in [0.4, 0.5) is 5.69 Å². The van der Waals surface area contributed by atoms with Crippen LogP contribution in [0, 0.1) is 0 Å². The van der Waals surface area contributed by atoms with Crippen molar-refractivity contribution < 1.29 is 14.4 Å². The van der Waals surface area contributed by atoms with E-state index in [0.717, 1.165) is 5.56 Å². The zero-order chi connectivity index (χ0) is 16.2. The highest BCUT2D eigenvalue weighted by Gasteiger charge is 2.39. The first-order valence-electron chi connectivity index (χ1n) is 7.42. The molecule has 0 saturated carbocycles. The molecule has 0 radical (unpaired) electrons. The number of anilines is 1. The largest absolute Gasteiger partial charge is 0.349 e. The number of nitrogens with one attached hydrogen (secondary N) is 2. The lowest BCUT2D eigenvalue weighted by Gasteiger charge is -2.08. The van der Waals surface area contributed by atoms with Gasteiger partial charge in [-0.1, -0.05) is 48.5 Å². The fourth-order valence-electron chi connectivity index (χ4n) is 2.65. The number of carbonyl (C=O) groups excluding carboxylic acids is 3. The third kappa shape index (κ3) is 3.13. The molecule has 116 valence electrons. The number of rotatable bonds is 5. The number of Topliss-reactive ketones (excluding diaryl/α,β-unsaturated/α-hetero) is 1. The van der Waals surface area contributed by atoms with Gasteiger partial charge >= 0.3 is 0 Å². The average Bonchev–Trinajstić information content (AvgIpc) is 2.90. The Labute approximate surface area is 133 Å². The van der Waals surface area contributed by atoms with E-state index in [-0.39, 0.29) is 0 Å². The van der Waals surface area contributed by atoms with Crippen molar-refractivity contribution in [1.29, 1.82) is 0 Å². The number of benzene rings is 2. The molecule has 0 unspecified atom stereocenters. The molecular formula is C18H16N2O3. The summed E-state index contributed by atoms with van der Waals surface area (Å²) in [6.07, 6.45) is 0.632. The molecule has 2 aromatic carbocycles. The van der Waals surface area contributed by atoms with Gasteiger partial charge in [0.1, 0.15) is 5.92 Å². The Bertz CT molecular complexity index is 756. The Morgan fingerprint density at radius 1 is 1.00 bits per heavy atom. The van der Waals surface area contributed by atoms with E-state index in [0.29, 0.717) is 24.2 Å². The third-order valence-electron chi connectivity index (χ3n) is 3.82. The second-order valence-corrected chi connectivity index (χ2v) is 5.37. The zero-order valence-electron chi connectivity index (χ0n) is 12.4. The van der Waals surface area contributed by atoms with Crippen LogP contribution in [0.5, 0.6) is 0 Å². The van der Waals surface area contributed by atoms with Gasteiger partial charge in [-0.2, -0.15) is 0 Å². The monoisotopic (exact) mass is 308 g/mol. The lowest BCUT2D eigenvalue weighted by Crippen LogP contribution is -2.37. The Kier molecular flexibility index (Phi) is 4.19. The van der Waals surface area contributed by atoms with E-state index >= 15 is 0 Å². The minimum atomic E-state index is -1.05. The SMILES string of the molecule is O=C(NCCc1ccccc1)C(=O)[C@H]1C(=O)Nc2ccccc21. The van der Waals surface area contributed by atoms with Crippen LogP contribution in [0.2, 0.25) is 0 Å². The van der Waals surface area contributed by atoms with Gasteiger partial charge in [-0.3, -0.25) is 14.4 Å². The summed E-state index contributed by atoms with van der Waals surface area (Å²) in [6.45, 7) is 0.352. The lowest BCUT2D eigenvalue weighted by molar-refractivity contribution is -0.140. The third-order valence-corrected chi connectivity index (χ3v) is 3.82. The molecule has 0 spiro atoms. The van der Waals surface area contributed by atoms with Crippen LogP contribution in [0.15, 0.2) is 54.6 Å². The van der Waals surface area contributed by atoms with Crippen molar-refractivity contribution in [2.24, 2.45) is 0 Å². The van der Waals surface area contributed by atoms with Gasteiger partial charge in [0, 0.05) is 12.2 Å². The second kappa shape index (κ2) is 6.44. The van der Waals surface area contributed by atoms with Gasteiger partial charge in [0.25, 0.3) is 5.91 Å². The molecular weight excluding hydrogens is 292 g/mol. The molecule has 3 rings (SSSR count). The van der Waals surface area contributed by atoms with Crippen molar-refractivity contribution in [2.75, 3.05) is 11.9 Å². The summed E-state index contributed by atoms with van der Waals surface area (Å²) in [5.41, 5.74) is 2.22. The lowest BCUT2D eigenvalue weighted by atomic mass is 9.95. The molecule has 2 N–H and O–H groups in total. The van der Waals surface area contributed by atoms with Gasteiger partial charge in [-0.15, -0.1) is 0 Å². The average molecular weight is 308 g/mol. The number of ketones is 1. The topological polar surface area (TPSA) is 75.3 Å². The minimum absolute atomic E-state index is 0.352. The van der Waals surface area contributed by atoms with Crippen LogP contribution in [0.1, 0.15) is 17.0 Å². The number of amides is 2. The maximum Gasteiger partial charge on any atom is 0.288 e. The van der Waals surface area contributed by atoms with E-state index in [2.05, 4.69) is 10.6 Å². The molecule has 0 saturated heterocycles. The summed E-state index contributed by atoms with van der Waals surface area (Å²) in [6, 6.07) is 16.6. The minimum Gasteiger partial charge on any atom is -0.349 e. The zero-order valence-corrected chi connectivity index (χ0v) is 12.4. The highest BCUT2D eigenvalue weighted by molar-refractivity contribution is 6.44. The Morgan fingerprint density at radius 2 is 1.70 bits per heavy atom. The van der Waals surface area contributed by atoms with Crippen LogP contribution in [-0.2, 0) is 20.8 Å². The van der Waals surface area contributed by atoms with Crippen LogP contribution in [0.25, 0.3) is 0 Å². The molecule has 0 aromatic heterocycles. The first-order valence-corrected chi connectivity index (χ1v) is 7.42. The van der Waals surface area contributed by atoms with Crippen LogP contribution in [0.3, 0.4) is 0 Å². The van der Waals surface area contributed by atoms with Crippen molar-refractivity contribution in [1.82, 2.24) is 5.32 Å². The van der Waals surface area contributed by atoms with Crippen molar-refractivity contribution in [3.05, 3.63) is 65.7 Å². The fraction of sp³-hybridized carbons (Fsp3) is 0.167. The summed E-state index contributed by atoms with van der Waals surface area (Å²) < 4.78 is 0. The first kappa shape index (κ1) is 15.0. The van der Waals surface area contributed by atoms with E-state index in [1.54, 1.807) is 24.3 Å². The summed E-state index contributed by atoms with van der Waals surface area (Å²) in [5, 5.41) is 5.22. The Balaban J connectivity index is 1.62. The van der Waals surface area contributed by atoms with Gasteiger partial charge < -0.3 is 10.6 Å². The summed E-state index contributed by atoms with van der Waals surface area (Å²) in [5.74, 6) is -2.95. The second-order valence-electron chi connectivity index (χ2n) is 5.37. The molecule has 5 nitrogen and oxygen atoms in total. The quantitative estimate of drug-likeness (QED) is 0.651. The molecule has 0 fully saturated rings. The first-order chi connectivity index (χ1) is 11.2. The molecule has 1 heterocycles. The molecule has 1 aliphatic rings. The normalized spacial score (nSPS) is 15.7. The predicted molar refractivity (Wildman–Crippen MR) is 86.0 cm³/mol. The summed E-state index contributed by atoms with van der Waals surface area (Å²) in [4.78, 5) is 36.3. The molecule has 1 aliphatic heterocycles. The van der Waals surface area contributed by atoms with E-state index < -0.39 is 23.5 Å². The molecule has 0 bridgehead atoms. The highest BCUT2D eigenvalue weighted by Crippen LogP contribution is 2.32. The molecule has 2 aromatic rings. The van der Waals surface area contributed by atoms with Gasteiger partial charge in [-0.25, -0.2) is 0 Å². The smallest absolute Gasteiger partial charge is 0.288 e. The van der Waals surface area contributed by atoms with Gasteiger partial charge in [-0.05, 0) is 23.6 Å². The standard InChI is InChI=1S/C18H16N2O3/c21-16(15-13-8-4-5-9-14(13)20-17(15)22)18(23)19-11-10-12-6-2-1-3-7-12/h1-9,15H,10-11H2,(H,19,23)(H,20,22)/t15-/m0/s1. The van der Waals surface area contributed by atoms with Gasteiger partial charge in [0.15, 0.2) is 0 Å². The Hall–Kier alpha value is -2.95. The maximum atomic E-state index is 12.3. The van der Waals surface area contributed by atoms with Crippen molar-refractivity contribution >= 4 is 23.3 Å². The van der Waals surface area contributed by atoms with Crippen molar-refractivity contribution in [2.45, 2.75) is 12.3 Å². The van der Waals surface area contributed by atoms with Crippen molar-refractivity contribution in [3.63, 3.8) is 0 Å². The van der Waals surface area contributed by atoms with Crippen LogP contribution < -0.4 is 10.6 Å². The number of para-hydroxylation sites is 1. The van der Waals surface area contributed by atoms with Crippen molar-refractivity contribution in [3.8, 4) is 0 Å². The molecule has 2 amide bonds. The number of hydrogen-bond acceptors (Lipinski definition) is 3. The summed E-state index contributed by atoms with van der Waals surface area (Å²) >= 11 is 0. The molecule has 1 atom stereocenters. The molecule has 5 heteroatoms. The predicted octanol–water partition coefficient (Wildman–Crippen LogP) is 1.65. The molecule has 23 heavy (non-hydrogen) atoms. The van der Waals surface area contributed by atoms with E-state index in [1.807, 2.05) is 30.3 Å². The maximum absolute atomic E-state index is 12.3. The Morgan fingerprint density at radius 3 is 2.48 bits per heavy atom. The van der Waals surface area contributed by atoms with Crippen LogP contribution >= 0.6 is 0 Å². The number of fused-ring (bicyclic) bond motifs is 1. The number of carbonyl (C=O) groups is 3. The highest BCUT2D eigenvalue weighted by atomic mass is 16.2. The van der Waals surface area contributed by atoms with E-state index in [9.17, 15) is 14.4 Å².